The van der Waals surface area contributed by atoms with Crippen LogP contribution in [0.5, 0.6) is 5.75 Å². The summed E-state index contributed by atoms with van der Waals surface area (Å²) in [6.07, 6.45) is 0. The van der Waals surface area contributed by atoms with Gasteiger partial charge in [-0.05, 0) is 55.3 Å². The van der Waals surface area contributed by atoms with Gasteiger partial charge in [-0.1, -0.05) is 12.1 Å². The molecule has 1 aliphatic heterocycles. The molecule has 0 saturated heterocycles. The maximum absolute atomic E-state index is 11.1. The Bertz CT molecular complexity index is 1210. The molecule has 0 spiro atoms. The summed E-state index contributed by atoms with van der Waals surface area (Å²) in [6.45, 7) is 5.39. The zero-order valence-electron chi connectivity index (χ0n) is 15.3. The van der Waals surface area contributed by atoms with Crippen LogP contribution in [0.4, 0.5) is 5.69 Å². The number of esters is 1. The molecule has 0 saturated carbocycles. The highest BCUT2D eigenvalue weighted by molar-refractivity contribution is 5.77. The molecule has 0 radical (unpaired) electrons. The van der Waals surface area contributed by atoms with Crippen LogP contribution in [0.15, 0.2) is 64.0 Å². The minimum absolute atomic E-state index is 0.360. The molecule has 2 aromatic rings. The summed E-state index contributed by atoms with van der Waals surface area (Å²) in [5.74, 6) is 0.780. The molecule has 5 heteroatoms. The van der Waals surface area contributed by atoms with Gasteiger partial charge in [0, 0.05) is 19.1 Å². The first-order chi connectivity index (χ1) is 13.0. The lowest BCUT2D eigenvalue weighted by Crippen LogP contribution is -2.08. The van der Waals surface area contributed by atoms with E-state index in [-0.39, 0.29) is 5.97 Å². The van der Waals surface area contributed by atoms with Crippen LogP contribution in [-0.4, -0.2) is 11.0 Å². The molecule has 0 amide bonds. The van der Waals surface area contributed by atoms with Crippen molar-refractivity contribution >= 4 is 22.8 Å². The standard InChI is InChI=1S/C22H18N2O3/c1-13-7-8-21-19(9-13)24-20-10-14(2)18(12-22(20)27-21)23-16-5-4-6-17(11-16)26-15(3)25/h4-12H,1-3H3. The second kappa shape index (κ2) is 6.68. The second-order valence-electron chi connectivity index (χ2n) is 6.49. The van der Waals surface area contributed by atoms with Crippen LogP contribution in [0.1, 0.15) is 18.1 Å². The molecule has 1 heterocycles. The molecule has 5 nitrogen and oxygen atoms in total. The van der Waals surface area contributed by atoms with Crippen LogP contribution in [0.3, 0.4) is 0 Å². The summed E-state index contributed by atoms with van der Waals surface area (Å²) >= 11 is 0. The predicted octanol–water partition coefficient (Wildman–Crippen LogP) is 4.71. The van der Waals surface area contributed by atoms with Gasteiger partial charge in [0.05, 0.1) is 11.0 Å². The molecular weight excluding hydrogens is 340 g/mol. The van der Waals surface area contributed by atoms with Gasteiger partial charge in [-0.3, -0.25) is 4.79 Å². The molecule has 0 aromatic heterocycles. The normalized spacial score (nSPS) is 11.9. The number of hydrogen-bond donors (Lipinski definition) is 0. The van der Waals surface area contributed by atoms with Gasteiger partial charge < -0.3 is 9.15 Å². The molecule has 134 valence electrons. The van der Waals surface area contributed by atoms with Crippen LogP contribution in [0, 0.1) is 13.8 Å². The van der Waals surface area contributed by atoms with Crippen LogP contribution in [-0.2, 0) is 4.79 Å². The quantitative estimate of drug-likeness (QED) is 0.296. The lowest BCUT2D eigenvalue weighted by molar-refractivity contribution is -0.131. The number of nitrogens with zero attached hydrogens (tertiary/aromatic N) is 2. The number of carbonyl (C=O) groups is 1. The number of rotatable bonds is 2. The summed E-state index contributed by atoms with van der Waals surface area (Å²) in [4.78, 5) is 20.5. The second-order valence-corrected chi connectivity index (χ2v) is 6.49. The summed E-state index contributed by atoms with van der Waals surface area (Å²) in [6, 6.07) is 16.9. The molecule has 27 heavy (non-hydrogen) atoms. The Balaban J connectivity index is 1.84. The zero-order valence-corrected chi connectivity index (χ0v) is 15.3. The van der Waals surface area contributed by atoms with Gasteiger partial charge in [-0.15, -0.1) is 0 Å². The lowest BCUT2D eigenvalue weighted by atomic mass is 10.1. The van der Waals surface area contributed by atoms with Crippen molar-refractivity contribution in [1.82, 2.24) is 4.98 Å². The molecule has 0 bridgehead atoms. The molecule has 0 fully saturated rings. The number of benzene rings is 3. The van der Waals surface area contributed by atoms with E-state index in [0.717, 1.165) is 33.3 Å². The van der Waals surface area contributed by atoms with E-state index < -0.39 is 0 Å². The Hall–Kier alpha value is -3.47. The number of aryl methyl sites for hydroxylation is 2. The van der Waals surface area contributed by atoms with Crippen molar-refractivity contribution in [3.05, 3.63) is 71.1 Å². The van der Waals surface area contributed by atoms with Crippen molar-refractivity contribution in [3.8, 4) is 17.2 Å². The first-order valence-electron chi connectivity index (χ1n) is 8.63. The van der Waals surface area contributed by atoms with E-state index in [4.69, 9.17) is 14.1 Å². The van der Waals surface area contributed by atoms with Crippen LogP contribution in [0.2, 0.25) is 0 Å². The largest absolute Gasteiger partial charge is 0.453 e. The Morgan fingerprint density at radius 1 is 1.07 bits per heavy atom. The lowest BCUT2D eigenvalue weighted by Gasteiger charge is -2.08. The van der Waals surface area contributed by atoms with E-state index in [9.17, 15) is 4.79 Å². The SMILES string of the molecule is CC(=O)Oc1cccc(N=c2cc3oc4ccc(C)cc4nc-3cc2C)c1. The van der Waals surface area contributed by atoms with Gasteiger partial charge in [0.25, 0.3) is 0 Å². The molecule has 4 rings (SSSR count). The molecular formula is C22H18N2O3. The van der Waals surface area contributed by atoms with E-state index in [0.29, 0.717) is 17.2 Å². The number of hydrogen-bond acceptors (Lipinski definition) is 5. The third kappa shape index (κ3) is 3.58. The minimum atomic E-state index is -0.360. The maximum atomic E-state index is 11.1. The Kier molecular flexibility index (Phi) is 4.20. The maximum Gasteiger partial charge on any atom is 0.308 e. The van der Waals surface area contributed by atoms with Gasteiger partial charge in [0.15, 0.2) is 11.3 Å². The van der Waals surface area contributed by atoms with Crippen LogP contribution < -0.4 is 10.1 Å². The van der Waals surface area contributed by atoms with Gasteiger partial charge in [-0.2, -0.15) is 0 Å². The average molecular weight is 358 g/mol. The monoisotopic (exact) mass is 358 g/mol. The topological polar surface area (TPSA) is 64.7 Å². The summed E-state index contributed by atoms with van der Waals surface area (Å²) in [7, 11) is 0. The van der Waals surface area contributed by atoms with E-state index in [1.807, 2.05) is 50.2 Å². The van der Waals surface area contributed by atoms with Crippen molar-refractivity contribution in [1.29, 1.82) is 0 Å². The third-order valence-corrected chi connectivity index (χ3v) is 4.18. The van der Waals surface area contributed by atoms with Crippen molar-refractivity contribution < 1.29 is 13.9 Å². The molecule has 1 aliphatic carbocycles. The minimum Gasteiger partial charge on any atom is -0.453 e. The Labute approximate surface area is 156 Å². The molecule has 2 aliphatic rings. The summed E-state index contributed by atoms with van der Waals surface area (Å²) in [5, 5.41) is 0.777. The highest BCUT2D eigenvalue weighted by Gasteiger charge is 2.11. The number of carbonyl (C=O) groups excluding carboxylic acids is 1. The van der Waals surface area contributed by atoms with Gasteiger partial charge in [0.1, 0.15) is 17.0 Å². The highest BCUT2D eigenvalue weighted by Crippen LogP contribution is 2.25. The fourth-order valence-corrected chi connectivity index (χ4v) is 2.92. The van der Waals surface area contributed by atoms with E-state index >= 15 is 0 Å². The van der Waals surface area contributed by atoms with E-state index in [2.05, 4.69) is 4.99 Å². The molecule has 0 N–H and O–H groups in total. The van der Waals surface area contributed by atoms with E-state index in [1.165, 1.54) is 6.92 Å². The van der Waals surface area contributed by atoms with Gasteiger partial charge in [-0.25, -0.2) is 9.98 Å². The number of fused-ring (bicyclic) bond motifs is 2. The van der Waals surface area contributed by atoms with Crippen LogP contribution >= 0.6 is 0 Å². The fraction of sp³-hybridized carbons (Fsp3) is 0.136. The average Bonchev–Trinajstić information content (AvgIpc) is 2.61. The highest BCUT2D eigenvalue weighted by atomic mass is 16.5. The van der Waals surface area contributed by atoms with Gasteiger partial charge >= 0.3 is 5.97 Å². The van der Waals surface area contributed by atoms with Crippen molar-refractivity contribution in [3.63, 3.8) is 0 Å². The molecule has 0 atom stereocenters. The first kappa shape index (κ1) is 17.0. The number of ether oxygens (including phenoxy) is 1. The van der Waals surface area contributed by atoms with Crippen LogP contribution in [0.25, 0.3) is 22.6 Å². The summed E-state index contributed by atoms with van der Waals surface area (Å²) in [5.41, 5.74) is 5.18. The van der Waals surface area contributed by atoms with Crippen molar-refractivity contribution in [2.24, 2.45) is 4.99 Å². The van der Waals surface area contributed by atoms with E-state index in [1.54, 1.807) is 18.2 Å². The zero-order chi connectivity index (χ0) is 19.0. The van der Waals surface area contributed by atoms with Crippen molar-refractivity contribution in [2.75, 3.05) is 0 Å². The fourth-order valence-electron chi connectivity index (χ4n) is 2.92. The van der Waals surface area contributed by atoms with Crippen molar-refractivity contribution in [2.45, 2.75) is 20.8 Å². The first-order valence-corrected chi connectivity index (χ1v) is 8.63. The predicted molar refractivity (Wildman–Crippen MR) is 103 cm³/mol. The Morgan fingerprint density at radius 2 is 1.93 bits per heavy atom. The number of aromatic nitrogens is 1. The smallest absolute Gasteiger partial charge is 0.308 e. The van der Waals surface area contributed by atoms with Gasteiger partial charge in [0.2, 0.25) is 0 Å². The summed E-state index contributed by atoms with van der Waals surface area (Å²) < 4.78 is 11.1. The third-order valence-electron chi connectivity index (χ3n) is 4.18. The Morgan fingerprint density at radius 3 is 2.74 bits per heavy atom. The molecule has 0 unspecified atom stereocenters. The molecule has 2 aromatic carbocycles.